The number of aryl methyl sites for hydroxylation is 1. The lowest BCUT2D eigenvalue weighted by molar-refractivity contribution is 0.0692. The SMILES string of the molecule is Cc1nc2c(cc1NCc1c(F)cc(F)cc1F)c(=O)c(C(=O)O)cn2C(CO)C(C)(C)C. The number of aromatic carboxylic acids is 1. The van der Waals surface area contributed by atoms with Crippen molar-refractivity contribution in [1.82, 2.24) is 9.55 Å². The van der Waals surface area contributed by atoms with Crippen LogP contribution in [0.25, 0.3) is 11.0 Å². The second-order valence-corrected chi connectivity index (χ2v) is 8.84. The van der Waals surface area contributed by atoms with Crippen LogP contribution in [0.15, 0.2) is 29.2 Å². The van der Waals surface area contributed by atoms with Gasteiger partial charge in [0, 0.05) is 30.4 Å². The number of nitrogens with one attached hydrogen (secondary N) is 1. The predicted molar refractivity (Wildman–Crippen MR) is 117 cm³/mol. The van der Waals surface area contributed by atoms with Gasteiger partial charge in [0.2, 0.25) is 5.43 Å². The first-order valence-electron chi connectivity index (χ1n) is 10.1. The first kappa shape index (κ1) is 24.2. The Balaban J connectivity index is 2.17. The van der Waals surface area contributed by atoms with Crippen molar-refractivity contribution >= 4 is 22.7 Å². The van der Waals surface area contributed by atoms with E-state index in [1.165, 1.54) is 16.8 Å². The Labute approximate surface area is 187 Å². The monoisotopic (exact) mass is 463 g/mol. The molecule has 0 amide bonds. The second kappa shape index (κ2) is 8.86. The van der Waals surface area contributed by atoms with Crippen LogP contribution in [0.2, 0.25) is 0 Å². The fraction of sp³-hybridized carbons (Fsp3) is 0.348. The van der Waals surface area contributed by atoms with Crippen LogP contribution in [-0.4, -0.2) is 32.3 Å². The lowest BCUT2D eigenvalue weighted by Crippen LogP contribution is -2.31. The molecule has 0 bridgehead atoms. The Kier molecular flexibility index (Phi) is 6.51. The molecule has 3 rings (SSSR count). The molecule has 0 spiro atoms. The third-order valence-corrected chi connectivity index (χ3v) is 5.50. The Bertz CT molecular complexity index is 1280. The zero-order valence-electron chi connectivity index (χ0n) is 18.5. The maximum absolute atomic E-state index is 14.0. The van der Waals surface area contributed by atoms with Crippen LogP contribution >= 0.6 is 0 Å². The van der Waals surface area contributed by atoms with Gasteiger partial charge < -0.3 is 20.1 Å². The summed E-state index contributed by atoms with van der Waals surface area (Å²) in [6, 6.07) is 1.89. The third-order valence-electron chi connectivity index (χ3n) is 5.50. The number of carboxylic acids is 1. The normalized spacial score (nSPS) is 12.7. The van der Waals surface area contributed by atoms with E-state index in [-0.39, 0.29) is 29.9 Å². The number of hydrogen-bond donors (Lipinski definition) is 3. The molecule has 7 nitrogen and oxygen atoms in total. The number of halogens is 3. The summed E-state index contributed by atoms with van der Waals surface area (Å²) in [7, 11) is 0. The summed E-state index contributed by atoms with van der Waals surface area (Å²) in [6.45, 7) is 6.47. The van der Waals surface area contributed by atoms with E-state index >= 15 is 0 Å². The number of aliphatic hydroxyl groups is 1. The van der Waals surface area contributed by atoms with E-state index in [2.05, 4.69) is 10.3 Å². The van der Waals surface area contributed by atoms with Gasteiger partial charge in [-0.1, -0.05) is 20.8 Å². The summed E-state index contributed by atoms with van der Waals surface area (Å²) in [6.07, 6.45) is 1.17. The molecule has 33 heavy (non-hydrogen) atoms. The fourth-order valence-corrected chi connectivity index (χ4v) is 3.63. The Morgan fingerprint density at radius 1 is 1.18 bits per heavy atom. The molecule has 0 aliphatic heterocycles. The van der Waals surface area contributed by atoms with Crippen molar-refractivity contribution in [3.63, 3.8) is 0 Å². The largest absolute Gasteiger partial charge is 0.477 e. The van der Waals surface area contributed by atoms with Crippen LogP contribution in [0.3, 0.4) is 0 Å². The topological polar surface area (TPSA) is 104 Å². The summed E-state index contributed by atoms with van der Waals surface area (Å²) >= 11 is 0. The summed E-state index contributed by atoms with van der Waals surface area (Å²) in [5.41, 5.74) is -1.41. The minimum Gasteiger partial charge on any atom is -0.477 e. The van der Waals surface area contributed by atoms with Gasteiger partial charge in [-0.05, 0) is 18.4 Å². The van der Waals surface area contributed by atoms with Crippen LogP contribution < -0.4 is 10.7 Å². The second-order valence-electron chi connectivity index (χ2n) is 8.84. The number of rotatable bonds is 6. The van der Waals surface area contributed by atoms with Gasteiger partial charge >= 0.3 is 5.97 Å². The Morgan fingerprint density at radius 3 is 2.30 bits per heavy atom. The molecule has 1 atom stereocenters. The smallest absolute Gasteiger partial charge is 0.341 e. The highest BCUT2D eigenvalue weighted by molar-refractivity contribution is 5.92. The van der Waals surface area contributed by atoms with Crippen molar-refractivity contribution < 1.29 is 28.2 Å². The average Bonchev–Trinajstić information content (AvgIpc) is 2.68. The van der Waals surface area contributed by atoms with E-state index in [0.717, 1.165) is 0 Å². The van der Waals surface area contributed by atoms with E-state index in [9.17, 15) is 33.0 Å². The van der Waals surface area contributed by atoms with E-state index < -0.39 is 51.4 Å². The van der Waals surface area contributed by atoms with Crippen molar-refractivity contribution in [2.24, 2.45) is 5.41 Å². The van der Waals surface area contributed by atoms with Gasteiger partial charge in [-0.25, -0.2) is 22.9 Å². The van der Waals surface area contributed by atoms with E-state index in [1.807, 2.05) is 20.8 Å². The van der Waals surface area contributed by atoms with Gasteiger partial charge in [0.15, 0.2) is 0 Å². The molecule has 0 aliphatic carbocycles. The number of fused-ring (bicyclic) bond motifs is 1. The highest BCUT2D eigenvalue weighted by Gasteiger charge is 2.29. The van der Waals surface area contributed by atoms with Gasteiger partial charge in [0.1, 0.15) is 28.7 Å². The van der Waals surface area contributed by atoms with Crippen LogP contribution in [0.1, 0.15) is 48.4 Å². The lowest BCUT2D eigenvalue weighted by atomic mass is 9.86. The molecule has 3 aromatic rings. The zero-order chi connectivity index (χ0) is 24.7. The summed E-state index contributed by atoms with van der Waals surface area (Å²) in [4.78, 5) is 29.0. The Morgan fingerprint density at radius 2 is 1.79 bits per heavy atom. The molecule has 3 N–H and O–H groups in total. The van der Waals surface area contributed by atoms with Crippen LogP contribution in [-0.2, 0) is 6.54 Å². The molecule has 0 fully saturated rings. The number of carboxylic acid groups (broad SMARTS) is 1. The summed E-state index contributed by atoms with van der Waals surface area (Å²) in [5.74, 6) is -4.63. The fourth-order valence-electron chi connectivity index (χ4n) is 3.63. The summed E-state index contributed by atoms with van der Waals surface area (Å²) < 4.78 is 42.6. The number of nitrogens with zero attached hydrogens (tertiary/aromatic N) is 2. The molecule has 1 aromatic carbocycles. The average molecular weight is 463 g/mol. The number of aliphatic hydroxyl groups excluding tert-OH is 1. The molecule has 0 saturated carbocycles. The minimum absolute atomic E-state index is 0.0363. The highest BCUT2D eigenvalue weighted by atomic mass is 19.1. The van der Waals surface area contributed by atoms with Gasteiger partial charge in [-0.3, -0.25) is 4.79 Å². The van der Waals surface area contributed by atoms with E-state index in [0.29, 0.717) is 17.8 Å². The van der Waals surface area contributed by atoms with Crippen molar-refractivity contribution in [3.8, 4) is 0 Å². The molecule has 0 saturated heterocycles. The quantitative estimate of drug-likeness (QED) is 0.510. The number of carbonyl (C=O) groups is 1. The molecule has 0 radical (unpaired) electrons. The number of anilines is 1. The zero-order valence-corrected chi connectivity index (χ0v) is 18.5. The molecular weight excluding hydrogens is 439 g/mol. The molecule has 0 aliphatic rings. The molecule has 2 heterocycles. The van der Waals surface area contributed by atoms with Crippen molar-refractivity contribution in [1.29, 1.82) is 0 Å². The Hall–Kier alpha value is -3.40. The summed E-state index contributed by atoms with van der Waals surface area (Å²) in [5, 5.41) is 22.3. The van der Waals surface area contributed by atoms with Crippen molar-refractivity contribution in [2.75, 3.05) is 11.9 Å². The molecular formula is C23H24F3N3O4. The van der Waals surface area contributed by atoms with E-state index in [4.69, 9.17) is 0 Å². The number of pyridine rings is 2. The molecule has 2 aromatic heterocycles. The minimum atomic E-state index is -1.44. The van der Waals surface area contributed by atoms with Crippen molar-refractivity contribution in [2.45, 2.75) is 40.3 Å². The first-order chi connectivity index (χ1) is 15.3. The van der Waals surface area contributed by atoms with Gasteiger partial charge in [0.05, 0.1) is 29.4 Å². The number of hydrogen-bond acceptors (Lipinski definition) is 5. The van der Waals surface area contributed by atoms with Gasteiger partial charge in [-0.15, -0.1) is 0 Å². The molecule has 1 unspecified atom stereocenters. The van der Waals surface area contributed by atoms with Crippen molar-refractivity contribution in [3.05, 3.63) is 68.9 Å². The highest BCUT2D eigenvalue weighted by Crippen LogP contribution is 2.33. The number of aromatic nitrogens is 2. The first-order valence-corrected chi connectivity index (χ1v) is 10.1. The van der Waals surface area contributed by atoms with Gasteiger partial charge in [-0.2, -0.15) is 0 Å². The molecule has 10 heteroatoms. The van der Waals surface area contributed by atoms with Gasteiger partial charge in [0.25, 0.3) is 0 Å². The predicted octanol–water partition coefficient (Wildman–Crippen LogP) is 4.01. The van der Waals surface area contributed by atoms with Crippen LogP contribution in [0.4, 0.5) is 18.9 Å². The maximum atomic E-state index is 14.0. The lowest BCUT2D eigenvalue weighted by Gasteiger charge is -2.32. The maximum Gasteiger partial charge on any atom is 0.341 e. The third kappa shape index (κ3) is 4.70. The standard InChI is InChI=1S/C23H24F3N3O4/c1-11-18(27-8-14-16(25)5-12(24)6-17(14)26)7-13-20(31)15(22(32)33)9-29(21(13)28-11)19(10-30)23(2,3)4/h5-7,9,19,27,30H,8,10H2,1-4H3,(H,32,33). The number of benzene rings is 1. The van der Waals surface area contributed by atoms with Crippen LogP contribution in [0, 0.1) is 29.8 Å². The van der Waals surface area contributed by atoms with Crippen LogP contribution in [0.5, 0.6) is 0 Å². The molecule has 176 valence electrons. The van der Waals surface area contributed by atoms with E-state index in [1.54, 1.807) is 6.92 Å².